The van der Waals surface area contributed by atoms with Crippen LogP contribution < -0.4 is 4.74 Å². The number of hydrogen-bond donors (Lipinski definition) is 1. The SMILES string of the molecule is Cc1cccc(OCCCn2c(C(O)c3ccccc3)nc3ccccc32)c1C. The highest BCUT2D eigenvalue weighted by Crippen LogP contribution is 2.26. The maximum absolute atomic E-state index is 11.0. The van der Waals surface area contributed by atoms with E-state index in [-0.39, 0.29) is 0 Å². The van der Waals surface area contributed by atoms with Crippen molar-refractivity contribution < 1.29 is 9.84 Å². The molecule has 1 atom stereocenters. The van der Waals surface area contributed by atoms with E-state index in [0.29, 0.717) is 12.4 Å². The van der Waals surface area contributed by atoms with Gasteiger partial charge in [0.2, 0.25) is 0 Å². The van der Waals surface area contributed by atoms with Gasteiger partial charge in [-0.3, -0.25) is 0 Å². The van der Waals surface area contributed by atoms with E-state index in [0.717, 1.165) is 35.3 Å². The summed E-state index contributed by atoms with van der Waals surface area (Å²) < 4.78 is 8.13. The molecule has 0 amide bonds. The zero-order valence-corrected chi connectivity index (χ0v) is 16.9. The Bertz CT molecular complexity index is 1100. The van der Waals surface area contributed by atoms with Gasteiger partial charge in [0.05, 0.1) is 17.6 Å². The van der Waals surface area contributed by atoms with Crippen molar-refractivity contribution in [2.45, 2.75) is 32.9 Å². The van der Waals surface area contributed by atoms with Gasteiger partial charge in [0.15, 0.2) is 0 Å². The first-order valence-corrected chi connectivity index (χ1v) is 10.0. The van der Waals surface area contributed by atoms with Gasteiger partial charge in [-0.15, -0.1) is 0 Å². The van der Waals surface area contributed by atoms with Crippen LogP contribution in [0.15, 0.2) is 72.8 Å². The summed E-state index contributed by atoms with van der Waals surface area (Å²) in [5, 5.41) is 11.0. The van der Waals surface area contributed by atoms with Crippen LogP contribution in [0.1, 0.15) is 35.0 Å². The van der Waals surface area contributed by atoms with Gasteiger partial charge in [0.25, 0.3) is 0 Å². The molecule has 0 spiro atoms. The van der Waals surface area contributed by atoms with Crippen molar-refractivity contribution in [1.82, 2.24) is 9.55 Å². The van der Waals surface area contributed by atoms with Crippen LogP contribution in [-0.2, 0) is 6.54 Å². The number of aliphatic hydroxyl groups is 1. The van der Waals surface area contributed by atoms with Crippen LogP contribution in [0.3, 0.4) is 0 Å². The first kappa shape index (κ1) is 19.2. The highest BCUT2D eigenvalue weighted by Gasteiger charge is 2.19. The van der Waals surface area contributed by atoms with Crippen LogP contribution >= 0.6 is 0 Å². The average Bonchev–Trinajstić information content (AvgIpc) is 3.12. The lowest BCUT2D eigenvalue weighted by molar-refractivity contribution is 0.203. The molecule has 0 aliphatic rings. The van der Waals surface area contributed by atoms with Crippen molar-refractivity contribution in [3.05, 3.63) is 95.3 Å². The predicted molar refractivity (Wildman–Crippen MR) is 116 cm³/mol. The van der Waals surface area contributed by atoms with E-state index in [9.17, 15) is 5.11 Å². The van der Waals surface area contributed by atoms with Crippen molar-refractivity contribution in [3.8, 4) is 5.75 Å². The maximum atomic E-state index is 11.0. The van der Waals surface area contributed by atoms with Gasteiger partial charge in [-0.25, -0.2) is 4.98 Å². The van der Waals surface area contributed by atoms with Gasteiger partial charge < -0.3 is 14.4 Å². The Balaban J connectivity index is 1.54. The summed E-state index contributed by atoms with van der Waals surface area (Å²) in [4.78, 5) is 4.72. The van der Waals surface area contributed by atoms with Gasteiger partial charge in [0.1, 0.15) is 17.7 Å². The molecule has 0 saturated heterocycles. The van der Waals surface area contributed by atoms with Crippen LogP contribution in [0.25, 0.3) is 11.0 Å². The molecule has 4 heteroatoms. The summed E-state index contributed by atoms with van der Waals surface area (Å²) in [5.41, 5.74) is 5.19. The summed E-state index contributed by atoms with van der Waals surface area (Å²) in [7, 11) is 0. The molecule has 1 unspecified atom stereocenters. The quantitative estimate of drug-likeness (QED) is 0.444. The fraction of sp³-hybridized carbons (Fsp3) is 0.240. The van der Waals surface area contributed by atoms with Gasteiger partial charge in [0, 0.05) is 6.54 Å². The predicted octanol–water partition coefficient (Wildman–Crippen LogP) is 5.20. The summed E-state index contributed by atoms with van der Waals surface area (Å²) in [6, 6.07) is 23.8. The second kappa shape index (κ2) is 8.50. The van der Waals surface area contributed by atoms with Crippen LogP contribution in [-0.4, -0.2) is 21.3 Å². The summed E-state index contributed by atoms with van der Waals surface area (Å²) in [6.07, 6.45) is 0.0611. The van der Waals surface area contributed by atoms with E-state index in [1.165, 1.54) is 11.1 Å². The van der Waals surface area contributed by atoms with Gasteiger partial charge in [-0.1, -0.05) is 54.6 Å². The molecule has 1 N–H and O–H groups in total. The van der Waals surface area contributed by atoms with Crippen molar-refractivity contribution >= 4 is 11.0 Å². The Hall–Kier alpha value is -3.11. The van der Waals surface area contributed by atoms with E-state index < -0.39 is 6.10 Å². The van der Waals surface area contributed by atoms with E-state index in [1.54, 1.807) is 0 Å². The first-order valence-electron chi connectivity index (χ1n) is 10.0. The van der Waals surface area contributed by atoms with E-state index in [1.807, 2.05) is 60.7 Å². The number of para-hydroxylation sites is 2. The number of nitrogens with zero attached hydrogens (tertiary/aromatic N) is 2. The lowest BCUT2D eigenvalue weighted by Crippen LogP contribution is -2.12. The Labute approximate surface area is 171 Å². The standard InChI is InChI=1S/C25H26N2O2/c1-18-10-8-15-23(19(18)2)29-17-9-16-27-22-14-7-6-13-21(22)26-25(27)24(28)20-11-4-3-5-12-20/h3-8,10-15,24,28H,9,16-17H2,1-2H3. The number of aliphatic hydroxyl groups excluding tert-OH is 1. The second-order valence-electron chi connectivity index (χ2n) is 7.32. The number of aryl methyl sites for hydroxylation is 2. The third-order valence-electron chi connectivity index (χ3n) is 5.38. The highest BCUT2D eigenvalue weighted by atomic mass is 16.5. The fourth-order valence-corrected chi connectivity index (χ4v) is 3.61. The smallest absolute Gasteiger partial charge is 0.143 e. The molecule has 29 heavy (non-hydrogen) atoms. The molecule has 1 aromatic heterocycles. The molecule has 3 aromatic carbocycles. The van der Waals surface area contributed by atoms with Gasteiger partial charge in [-0.2, -0.15) is 0 Å². The monoisotopic (exact) mass is 386 g/mol. The number of benzene rings is 3. The van der Waals surface area contributed by atoms with E-state index >= 15 is 0 Å². The van der Waals surface area contributed by atoms with Crippen molar-refractivity contribution in [2.24, 2.45) is 0 Å². The largest absolute Gasteiger partial charge is 0.493 e. The molecule has 0 saturated carbocycles. The Morgan fingerprint density at radius 3 is 2.52 bits per heavy atom. The number of ether oxygens (including phenoxy) is 1. The number of hydrogen-bond acceptors (Lipinski definition) is 3. The van der Waals surface area contributed by atoms with Crippen LogP contribution in [0, 0.1) is 13.8 Å². The van der Waals surface area contributed by atoms with E-state index in [2.05, 4.69) is 30.5 Å². The first-order chi connectivity index (χ1) is 14.1. The summed E-state index contributed by atoms with van der Waals surface area (Å²) >= 11 is 0. The summed E-state index contributed by atoms with van der Waals surface area (Å²) in [6.45, 7) is 5.52. The lowest BCUT2D eigenvalue weighted by atomic mass is 10.1. The molecule has 1 heterocycles. The van der Waals surface area contributed by atoms with Crippen molar-refractivity contribution in [3.63, 3.8) is 0 Å². The Morgan fingerprint density at radius 2 is 1.69 bits per heavy atom. The molecular weight excluding hydrogens is 360 g/mol. The third-order valence-corrected chi connectivity index (χ3v) is 5.38. The molecule has 148 valence electrons. The molecule has 4 rings (SSSR count). The Kier molecular flexibility index (Phi) is 5.63. The number of imidazole rings is 1. The van der Waals surface area contributed by atoms with Crippen LogP contribution in [0.2, 0.25) is 0 Å². The van der Waals surface area contributed by atoms with Crippen LogP contribution in [0.5, 0.6) is 5.75 Å². The molecule has 0 bridgehead atoms. The van der Waals surface area contributed by atoms with Gasteiger partial charge in [-0.05, 0) is 55.2 Å². The number of fused-ring (bicyclic) bond motifs is 1. The minimum Gasteiger partial charge on any atom is -0.493 e. The number of aromatic nitrogens is 2. The summed E-state index contributed by atoms with van der Waals surface area (Å²) in [5.74, 6) is 1.61. The zero-order chi connectivity index (χ0) is 20.2. The van der Waals surface area contributed by atoms with Crippen molar-refractivity contribution in [2.75, 3.05) is 6.61 Å². The van der Waals surface area contributed by atoms with E-state index in [4.69, 9.17) is 9.72 Å². The molecule has 0 fully saturated rings. The fourth-order valence-electron chi connectivity index (χ4n) is 3.61. The molecule has 4 nitrogen and oxygen atoms in total. The molecule has 4 aromatic rings. The molecular formula is C25H26N2O2. The van der Waals surface area contributed by atoms with Crippen LogP contribution in [0.4, 0.5) is 0 Å². The molecule has 0 aliphatic carbocycles. The van der Waals surface area contributed by atoms with Crippen molar-refractivity contribution in [1.29, 1.82) is 0 Å². The average molecular weight is 386 g/mol. The Morgan fingerprint density at radius 1 is 0.931 bits per heavy atom. The topological polar surface area (TPSA) is 47.3 Å². The lowest BCUT2D eigenvalue weighted by Gasteiger charge is -2.15. The number of rotatable bonds is 7. The minimum absolute atomic E-state index is 0.609. The normalized spacial score (nSPS) is 12.2. The highest BCUT2D eigenvalue weighted by molar-refractivity contribution is 5.76. The minimum atomic E-state index is -0.761. The second-order valence-corrected chi connectivity index (χ2v) is 7.32. The molecule has 0 aliphatic heterocycles. The third kappa shape index (κ3) is 4.03. The zero-order valence-electron chi connectivity index (χ0n) is 16.9. The van der Waals surface area contributed by atoms with Gasteiger partial charge >= 0.3 is 0 Å². The maximum Gasteiger partial charge on any atom is 0.143 e. The molecule has 0 radical (unpaired) electrons.